The highest BCUT2D eigenvalue weighted by atomic mass is 79.9. The predicted molar refractivity (Wildman–Crippen MR) is 66.6 cm³/mol. The number of halogens is 3. The quantitative estimate of drug-likeness (QED) is 0.772. The van der Waals surface area contributed by atoms with Gasteiger partial charge >= 0.3 is 0 Å². The van der Waals surface area contributed by atoms with Gasteiger partial charge < -0.3 is 10.4 Å². The predicted octanol–water partition coefficient (Wildman–Crippen LogP) is 3.71. The normalized spacial score (nSPS) is 20.6. The molecule has 1 fully saturated rings. The minimum Gasteiger partial charge on any atom is -0.506 e. The van der Waals surface area contributed by atoms with Crippen LogP contribution >= 0.6 is 47.8 Å². The van der Waals surface area contributed by atoms with Crippen molar-refractivity contribution in [1.82, 2.24) is 5.32 Å². The second kappa shape index (κ2) is 4.12. The molecule has 1 aliphatic heterocycles. The van der Waals surface area contributed by atoms with Gasteiger partial charge in [-0.25, -0.2) is 0 Å². The fourth-order valence-electron chi connectivity index (χ4n) is 1.45. The van der Waals surface area contributed by atoms with Crippen LogP contribution in [-0.2, 0) is 0 Å². The lowest BCUT2D eigenvalue weighted by Crippen LogP contribution is -2.35. The Kier molecular flexibility index (Phi) is 3.21. The molecule has 2 N–H and O–H groups in total. The van der Waals surface area contributed by atoms with E-state index in [2.05, 4.69) is 53.1 Å². The summed E-state index contributed by atoms with van der Waals surface area (Å²) in [6.07, 6.45) is 1.11. The number of hydrogen-bond acceptors (Lipinski definition) is 2. The average molecular weight is 386 g/mol. The van der Waals surface area contributed by atoms with Crippen LogP contribution < -0.4 is 5.32 Å². The van der Waals surface area contributed by atoms with E-state index < -0.39 is 0 Å². The summed E-state index contributed by atoms with van der Waals surface area (Å²) in [7, 11) is 0. The SMILES string of the molecule is Oc1c(Br)cc(Br)c([C@@H]2CCN2)c1Br. The number of aromatic hydroxyl groups is 1. The maximum Gasteiger partial charge on any atom is 0.144 e. The van der Waals surface area contributed by atoms with Crippen molar-refractivity contribution in [2.24, 2.45) is 0 Å². The monoisotopic (exact) mass is 383 g/mol. The Bertz CT molecular complexity index is 377. The summed E-state index contributed by atoms with van der Waals surface area (Å²) >= 11 is 10.2. The topological polar surface area (TPSA) is 32.3 Å². The van der Waals surface area contributed by atoms with E-state index in [9.17, 15) is 5.11 Å². The smallest absolute Gasteiger partial charge is 0.144 e. The van der Waals surface area contributed by atoms with Gasteiger partial charge in [0.05, 0.1) is 8.95 Å². The van der Waals surface area contributed by atoms with Gasteiger partial charge in [-0.05, 0) is 50.9 Å². The molecule has 0 unspecified atom stereocenters. The first-order valence-corrected chi connectivity index (χ1v) is 6.59. The zero-order chi connectivity index (χ0) is 10.3. The van der Waals surface area contributed by atoms with E-state index in [1.807, 2.05) is 6.07 Å². The van der Waals surface area contributed by atoms with E-state index in [-0.39, 0.29) is 5.75 Å². The first-order valence-electron chi connectivity index (χ1n) is 4.21. The van der Waals surface area contributed by atoms with E-state index in [0.29, 0.717) is 10.5 Å². The van der Waals surface area contributed by atoms with Crippen LogP contribution in [0.15, 0.2) is 19.5 Å². The number of nitrogens with one attached hydrogen (secondary N) is 1. The van der Waals surface area contributed by atoms with Gasteiger partial charge in [-0.1, -0.05) is 15.9 Å². The first-order chi connectivity index (χ1) is 6.61. The fourth-order valence-corrected chi connectivity index (χ4v) is 4.12. The molecule has 1 aromatic rings. The van der Waals surface area contributed by atoms with Crippen LogP contribution in [0.2, 0.25) is 0 Å². The summed E-state index contributed by atoms with van der Waals surface area (Å²) in [5, 5.41) is 13.0. The van der Waals surface area contributed by atoms with Crippen LogP contribution in [0.5, 0.6) is 5.75 Å². The van der Waals surface area contributed by atoms with Gasteiger partial charge in [0.15, 0.2) is 0 Å². The Balaban J connectivity index is 2.52. The molecule has 0 amide bonds. The van der Waals surface area contributed by atoms with Gasteiger partial charge in [-0.3, -0.25) is 0 Å². The second-order valence-corrected chi connectivity index (χ2v) is 5.71. The van der Waals surface area contributed by atoms with Gasteiger partial charge in [0.1, 0.15) is 5.75 Å². The maximum atomic E-state index is 9.74. The minimum atomic E-state index is 0.261. The molecule has 0 aromatic heterocycles. The highest BCUT2D eigenvalue weighted by Gasteiger charge is 2.25. The molecule has 1 atom stereocenters. The fraction of sp³-hybridized carbons (Fsp3) is 0.333. The third-order valence-corrected chi connectivity index (χ3v) is 4.42. The molecule has 2 rings (SSSR count). The summed E-state index contributed by atoms with van der Waals surface area (Å²) in [5.74, 6) is 0.261. The summed E-state index contributed by atoms with van der Waals surface area (Å²) in [6.45, 7) is 1.04. The van der Waals surface area contributed by atoms with Crippen molar-refractivity contribution < 1.29 is 5.11 Å². The molecule has 14 heavy (non-hydrogen) atoms. The van der Waals surface area contributed by atoms with Crippen molar-refractivity contribution in [3.05, 3.63) is 25.0 Å². The van der Waals surface area contributed by atoms with Gasteiger partial charge in [-0.15, -0.1) is 0 Å². The minimum absolute atomic E-state index is 0.261. The highest BCUT2D eigenvalue weighted by Crippen LogP contribution is 2.43. The standard InChI is InChI=1S/C9H8Br3NO/c10-4-3-5(11)9(14)8(12)7(4)6-1-2-13-6/h3,6,13-14H,1-2H2/t6-/m0/s1. The van der Waals surface area contributed by atoms with Crippen molar-refractivity contribution in [3.8, 4) is 5.75 Å². The van der Waals surface area contributed by atoms with Gasteiger partial charge in [0.2, 0.25) is 0 Å². The molecule has 1 saturated heterocycles. The molecule has 76 valence electrons. The third kappa shape index (κ3) is 1.75. The summed E-state index contributed by atoms with van der Waals surface area (Å²) in [5.41, 5.74) is 1.09. The van der Waals surface area contributed by atoms with Crippen molar-refractivity contribution in [2.45, 2.75) is 12.5 Å². The van der Waals surface area contributed by atoms with Crippen LogP contribution in [0.1, 0.15) is 18.0 Å². The maximum absolute atomic E-state index is 9.74. The molecule has 0 saturated carbocycles. The average Bonchev–Trinajstić information content (AvgIpc) is 2.05. The Morgan fingerprint density at radius 3 is 2.43 bits per heavy atom. The molecular formula is C9H8Br3NO. The molecule has 0 radical (unpaired) electrons. The molecule has 0 aliphatic carbocycles. The Hall–Kier alpha value is 0.420. The van der Waals surface area contributed by atoms with Crippen LogP contribution in [0.3, 0.4) is 0 Å². The largest absolute Gasteiger partial charge is 0.506 e. The van der Waals surface area contributed by atoms with Crippen molar-refractivity contribution in [3.63, 3.8) is 0 Å². The second-order valence-electron chi connectivity index (χ2n) is 3.21. The van der Waals surface area contributed by atoms with Crippen molar-refractivity contribution >= 4 is 47.8 Å². The lowest BCUT2D eigenvalue weighted by molar-refractivity contribution is 0.377. The Labute approximate surface area is 107 Å². The summed E-state index contributed by atoms with van der Waals surface area (Å²) in [6, 6.07) is 2.22. The van der Waals surface area contributed by atoms with Gasteiger partial charge in [-0.2, -0.15) is 0 Å². The summed E-state index contributed by atoms with van der Waals surface area (Å²) < 4.78 is 2.46. The number of benzene rings is 1. The van der Waals surface area contributed by atoms with Gasteiger partial charge in [0, 0.05) is 16.1 Å². The molecule has 1 aromatic carbocycles. The third-order valence-electron chi connectivity index (χ3n) is 2.35. The van der Waals surface area contributed by atoms with E-state index >= 15 is 0 Å². The Morgan fingerprint density at radius 1 is 1.29 bits per heavy atom. The Morgan fingerprint density at radius 2 is 1.93 bits per heavy atom. The van der Waals surface area contributed by atoms with Crippen LogP contribution in [0.4, 0.5) is 0 Å². The van der Waals surface area contributed by atoms with E-state index in [1.54, 1.807) is 0 Å². The van der Waals surface area contributed by atoms with Crippen LogP contribution in [0.25, 0.3) is 0 Å². The van der Waals surface area contributed by atoms with E-state index in [4.69, 9.17) is 0 Å². The first kappa shape index (κ1) is 10.9. The van der Waals surface area contributed by atoms with E-state index in [0.717, 1.165) is 27.5 Å². The molecule has 1 aliphatic rings. The number of hydrogen-bond donors (Lipinski definition) is 2. The summed E-state index contributed by atoms with van der Waals surface area (Å²) in [4.78, 5) is 0. The lowest BCUT2D eigenvalue weighted by atomic mass is 9.98. The van der Waals surface area contributed by atoms with Crippen LogP contribution in [0, 0.1) is 0 Å². The van der Waals surface area contributed by atoms with Crippen molar-refractivity contribution in [1.29, 1.82) is 0 Å². The number of phenols is 1. The van der Waals surface area contributed by atoms with Gasteiger partial charge in [0.25, 0.3) is 0 Å². The zero-order valence-electron chi connectivity index (χ0n) is 7.15. The highest BCUT2D eigenvalue weighted by molar-refractivity contribution is 9.11. The molecule has 1 heterocycles. The van der Waals surface area contributed by atoms with Crippen LogP contribution in [-0.4, -0.2) is 11.7 Å². The molecular weight excluding hydrogens is 378 g/mol. The zero-order valence-corrected chi connectivity index (χ0v) is 11.9. The number of rotatable bonds is 1. The lowest BCUT2D eigenvalue weighted by Gasteiger charge is -2.30. The molecule has 0 bridgehead atoms. The number of phenolic OH excluding ortho intramolecular Hbond substituents is 1. The van der Waals surface area contributed by atoms with E-state index in [1.165, 1.54) is 0 Å². The molecule has 2 nitrogen and oxygen atoms in total. The molecule has 5 heteroatoms. The van der Waals surface area contributed by atoms with Crippen molar-refractivity contribution in [2.75, 3.05) is 6.54 Å². The molecule has 0 spiro atoms.